The smallest absolute Gasteiger partial charge is 0.233 e. The predicted molar refractivity (Wildman–Crippen MR) is 110 cm³/mol. The van der Waals surface area contributed by atoms with E-state index >= 15 is 0 Å². The van der Waals surface area contributed by atoms with Gasteiger partial charge in [0.1, 0.15) is 5.82 Å². The number of benzene rings is 2. The quantitative estimate of drug-likeness (QED) is 0.650. The van der Waals surface area contributed by atoms with Crippen molar-refractivity contribution in [3.8, 4) is 0 Å². The van der Waals surface area contributed by atoms with Crippen LogP contribution in [0.25, 0.3) is 0 Å². The largest absolute Gasteiger partial charge is 0.341 e. The Hall–Kier alpha value is -3.22. The van der Waals surface area contributed by atoms with Crippen molar-refractivity contribution in [3.63, 3.8) is 0 Å². The fourth-order valence-electron chi connectivity index (χ4n) is 3.18. The van der Waals surface area contributed by atoms with Gasteiger partial charge in [-0.2, -0.15) is 15.0 Å². The van der Waals surface area contributed by atoms with E-state index in [-0.39, 0.29) is 5.82 Å². The Morgan fingerprint density at radius 3 is 2.21 bits per heavy atom. The van der Waals surface area contributed by atoms with Gasteiger partial charge in [0.25, 0.3) is 0 Å². The van der Waals surface area contributed by atoms with Gasteiger partial charge in [-0.25, -0.2) is 4.39 Å². The van der Waals surface area contributed by atoms with Crippen LogP contribution in [0.15, 0.2) is 48.5 Å². The molecule has 1 aromatic heterocycles. The summed E-state index contributed by atoms with van der Waals surface area (Å²) < 4.78 is 13.5. The molecule has 1 fully saturated rings. The first-order valence-corrected chi connectivity index (χ1v) is 9.59. The highest BCUT2D eigenvalue weighted by molar-refractivity contribution is 5.59. The van der Waals surface area contributed by atoms with E-state index in [4.69, 9.17) is 0 Å². The average Bonchev–Trinajstić information content (AvgIpc) is 3.23. The zero-order valence-electron chi connectivity index (χ0n) is 15.8. The number of aryl methyl sites for hydroxylation is 1. The van der Waals surface area contributed by atoms with E-state index < -0.39 is 0 Å². The van der Waals surface area contributed by atoms with Crippen LogP contribution in [0, 0.1) is 5.82 Å². The van der Waals surface area contributed by atoms with Crippen molar-refractivity contribution in [2.75, 3.05) is 28.6 Å². The van der Waals surface area contributed by atoms with E-state index in [1.807, 2.05) is 12.1 Å². The Bertz CT molecular complexity index is 938. The van der Waals surface area contributed by atoms with Gasteiger partial charge in [-0.3, -0.25) is 0 Å². The number of anilines is 5. The topological polar surface area (TPSA) is 66.0 Å². The highest BCUT2D eigenvalue weighted by Crippen LogP contribution is 2.23. The van der Waals surface area contributed by atoms with Gasteiger partial charge >= 0.3 is 0 Å². The normalized spacial score (nSPS) is 13.6. The van der Waals surface area contributed by atoms with Crippen LogP contribution in [-0.2, 0) is 6.42 Å². The molecule has 6 nitrogen and oxygen atoms in total. The summed E-state index contributed by atoms with van der Waals surface area (Å²) in [5.74, 6) is 1.16. The minimum Gasteiger partial charge on any atom is -0.341 e. The SMILES string of the molecule is CCc1ccc(Nc2nc(Nc3cccc(F)c3)nc(N3CCCC3)n2)cc1. The van der Waals surface area contributed by atoms with E-state index in [1.165, 1.54) is 17.7 Å². The van der Waals surface area contributed by atoms with Crippen LogP contribution in [-0.4, -0.2) is 28.0 Å². The van der Waals surface area contributed by atoms with Gasteiger partial charge < -0.3 is 15.5 Å². The molecule has 1 saturated heterocycles. The third-order valence-electron chi connectivity index (χ3n) is 4.71. The number of aromatic nitrogens is 3. The summed E-state index contributed by atoms with van der Waals surface area (Å²) in [6.07, 6.45) is 3.24. The molecule has 1 aliphatic heterocycles. The number of nitrogens with zero attached hydrogens (tertiary/aromatic N) is 4. The van der Waals surface area contributed by atoms with Gasteiger partial charge in [0.2, 0.25) is 17.8 Å². The van der Waals surface area contributed by atoms with Gasteiger partial charge in [-0.15, -0.1) is 0 Å². The van der Waals surface area contributed by atoms with E-state index in [1.54, 1.807) is 12.1 Å². The van der Waals surface area contributed by atoms with Crippen molar-refractivity contribution < 1.29 is 4.39 Å². The molecule has 2 N–H and O–H groups in total. The van der Waals surface area contributed by atoms with E-state index in [0.29, 0.717) is 23.5 Å². The van der Waals surface area contributed by atoms with Crippen LogP contribution < -0.4 is 15.5 Å². The molecule has 2 heterocycles. The molecule has 4 rings (SSSR count). The number of nitrogens with one attached hydrogen (secondary N) is 2. The first kappa shape index (κ1) is 18.2. The maximum Gasteiger partial charge on any atom is 0.233 e. The summed E-state index contributed by atoms with van der Waals surface area (Å²) in [7, 11) is 0. The van der Waals surface area contributed by atoms with E-state index in [2.05, 4.69) is 49.5 Å². The van der Waals surface area contributed by atoms with Gasteiger partial charge in [-0.1, -0.05) is 25.1 Å². The van der Waals surface area contributed by atoms with Crippen LogP contribution in [0.1, 0.15) is 25.3 Å². The molecule has 0 atom stereocenters. The van der Waals surface area contributed by atoms with Crippen LogP contribution >= 0.6 is 0 Å². The highest BCUT2D eigenvalue weighted by atomic mass is 19.1. The van der Waals surface area contributed by atoms with Gasteiger partial charge in [0.05, 0.1) is 0 Å². The zero-order chi connectivity index (χ0) is 19.3. The Morgan fingerprint density at radius 1 is 0.893 bits per heavy atom. The number of hydrogen-bond donors (Lipinski definition) is 2. The molecule has 0 spiro atoms. The third kappa shape index (κ3) is 4.36. The zero-order valence-corrected chi connectivity index (χ0v) is 15.8. The van der Waals surface area contributed by atoms with Gasteiger partial charge in [-0.05, 0) is 55.2 Å². The molecule has 7 heteroatoms. The minimum atomic E-state index is -0.312. The van der Waals surface area contributed by atoms with Crippen LogP contribution in [0.5, 0.6) is 0 Å². The van der Waals surface area contributed by atoms with Crippen LogP contribution in [0.2, 0.25) is 0 Å². The highest BCUT2D eigenvalue weighted by Gasteiger charge is 2.17. The number of hydrogen-bond acceptors (Lipinski definition) is 6. The third-order valence-corrected chi connectivity index (χ3v) is 4.71. The lowest BCUT2D eigenvalue weighted by molar-refractivity contribution is 0.628. The van der Waals surface area contributed by atoms with E-state index in [9.17, 15) is 4.39 Å². The molecular formula is C21H23FN6. The van der Waals surface area contributed by atoms with Crippen LogP contribution in [0.4, 0.5) is 33.6 Å². The predicted octanol–water partition coefficient (Wildman–Crippen LogP) is 4.66. The lowest BCUT2D eigenvalue weighted by atomic mass is 10.1. The van der Waals surface area contributed by atoms with Crippen molar-refractivity contribution >= 4 is 29.2 Å². The molecule has 3 aromatic rings. The molecule has 144 valence electrons. The Labute approximate surface area is 163 Å². The molecule has 28 heavy (non-hydrogen) atoms. The number of rotatable bonds is 6. The summed E-state index contributed by atoms with van der Waals surface area (Å²) in [5, 5.41) is 6.34. The maximum atomic E-state index is 13.5. The van der Waals surface area contributed by atoms with Crippen molar-refractivity contribution in [1.82, 2.24) is 15.0 Å². The molecule has 2 aromatic carbocycles. The van der Waals surface area contributed by atoms with Crippen LogP contribution in [0.3, 0.4) is 0 Å². The van der Waals surface area contributed by atoms with E-state index in [0.717, 1.165) is 38.0 Å². The molecule has 0 amide bonds. The second-order valence-electron chi connectivity index (χ2n) is 6.79. The van der Waals surface area contributed by atoms with Gasteiger partial charge in [0.15, 0.2) is 0 Å². The molecule has 1 aliphatic rings. The monoisotopic (exact) mass is 378 g/mol. The molecule has 0 bridgehead atoms. The van der Waals surface area contributed by atoms with Crippen molar-refractivity contribution in [1.29, 1.82) is 0 Å². The van der Waals surface area contributed by atoms with Crippen molar-refractivity contribution in [3.05, 3.63) is 59.9 Å². The summed E-state index contributed by atoms with van der Waals surface area (Å²) in [6.45, 7) is 3.98. The standard InChI is InChI=1S/C21H23FN6/c1-2-15-8-10-17(11-9-15)23-19-25-20(24-18-7-5-6-16(22)14-18)27-21(26-19)28-12-3-4-13-28/h5-11,14H,2-4,12-13H2,1H3,(H2,23,24,25,26,27). The Kier molecular flexibility index (Phi) is 5.32. The molecule has 0 saturated carbocycles. The lowest BCUT2D eigenvalue weighted by Gasteiger charge is -2.17. The fourth-order valence-corrected chi connectivity index (χ4v) is 3.18. The molecule has 0 radical (unpaired) electrons. The molecule has 0 unspecified atom stereocenters. The average molecular weight is 378 g/mol. The number of halogens is 1. The van der Waals surface area contributed by atoms with Crippen molar-refractivity contribution in [2.24, 2.45) is 0 Å². The maximum absolute atomic E-state index is 13.5. The second-order valence-corrected chi connectivity index (χ2v) is 6.79. The van der Waals surface area contributed by atoms with Crippen molar-refractivity contribution in [2.45, 2.75) is 26.2 Å². The first-order chi connectivity index (χ1) is 13.7. The fraction of sp³-hybridized carbons (Fsp3) is 0.286. The molecular weight excluding hydrogens is 355 g/mol. The summed E-state index contributed by atoms with van der Waals surface area (Å²) in [6, 6.07) is 14.4. The summed E-state index contributed by atoms with van der Waals surface area (Å²) in [4.78, 5) is 15.7. The van der Waals surface area contributed by atoms with Gasteiger partial charge in [0, 0.05) is 24.5 Å². The Balaban J connectivity index is 1.62. The second kappa shape index (κ2) is 8.21. The lowest BCUT2D eigenvalue weighted by Crippen LogP contribution is -2.21. The summed E-state index contributed by atoms with van der Waals surface area (Å²) in [5.41, 5.74) is 2.77. The summed E-state index contributed by atoms with van der Waals surface area (Å²) >= 11 is 0. The first-order valence-electron chi connectivity index (χ1n) is 9.59. The Morgan fingerprint density at radius 2 is 1.57 bits per heavy atom. The minimum absolute atomic E-state index is 0.312. The molecule has 0 aliphatic carbocycles.